The number of carbonyl (C=O) groups excluding carboxylic acids is 1. The van der Waals surface area contributed by atoms with E-state index < -0.39 is 5.97 Å². The molecular formula is C16H21NO4. The third kappa shape index (κ3) is 1.90. The number of carbonyl (C=O) groups is 2. The van der Waals surface area contributed by atoms with Gasteiger partial charge in [-0.2, -0.15) is 0 Å². The van der Waals surface area contributed by atoms with Crippen LogP contribution in [0.5, 0.6) is 0 Å². The maximum atomic E-state index is 12.3. The molecule has 1 aromatic rings. The van der Waals surface area contributed by atoms with Crippen molar-refractivity contribution in [1.29, 1.82) is 0 Å². The van der Waals surface area contributed by atoms with Gasteiger partial charge in [0.05, 0.1) is 5.56 Å². The Morgan fingerprint density at radius 2 is 2.10 bits per heavy atom. The van der Waals surface area contributed by atoms with Gasteiger partial charge in [0.1, 0.15) is 6.26 Å². The summed E-state index contributed by atoms with van der Waals surface area (Å²) in [7, 11) is 0. The summed E-state index contributed by atoms with van der Waals surface area (Å²) in [4.78, 5) is 23.1. The molecule has 2 N–H and O–H groups in total. The first-order chi connectivity index (χ1) is 9.75. The van der Waals surface area contributed by atoms with E-state index in [1.54, 1.807) is 0 Å². The molecule has 2 aliphatic rings. The van der Waals surface area contributed by atoms with Gasteiger partial charge in [0.25, 0.3) is 5.91 Å². The van der Waals surface area contributed by atoms with Crippen LogP contribution in [0.2, 0.25) is 0 Å². The largest absolute Gasteiger partial charge is 0.478 e. The van der Waals surface area contributed by atoms with Gasteiger partial charge in [-0.25, -0.2) is 4.79 Å². The number of carboxylic acids is 1. The lowest BCUT2D eigenvalue weighted by Gasteiger charge is -2.39. The van der Waals surface area contributed by atoms with Gasteiger partial charge in [-0.05, 0) is 36.0 Å². The topological polar surface area (TPSA) is 79.5 Å². The number of hydrogen-bond acceptors (Lipinski definition) is 3. The molecule has 0 saturated heterocycles. The first-order valence-corrected chi connectivity index (χ1v) is 7.38. The number of nitrogens with one attached hydrogen (secondary N) is 1. The zero-order chi connectivity index (χ0) is 15.4. The highest BCUT2D eigenvalue weighted by atomic mass is 16.4. The Morgan fingerprint density at radius 3 is 2.57 bits per heavy atom. The lowest BCUT2D eigenvalue weighted by molar-refractivity contribution is 0.0695. The van der Waals surface area contributed by atoms with E-state index in [0.29, 0.717) is 5.92 Å². The first kappa shape index (κ1) is 14.2. The molecule has 1 heterocycles. The number of carboxylic acid groups (broad SMARTS) is 1. The normalized spacial score (nSPS) is 33.1. The lowest BCUT2D eigenvalue weighted by atomic mass is 9.69. The molecule has 0 radical (unpaired) electrons. The molecule has 3 unspecified atom stereocenters. The van der Waals surface area contributed by atoms with Gasteiger partial charge in [-0.1, -0.05) is 20.8 Å². The van der Waals surface area contributed by atoms with Crippen LogP contribution in [0.1, 0.15) is 60.9 Å². The van der Waals surface area contributed by atoms with E-state index in [1.165, 1.54) is 12.5 Å². The zero-order valence-corrected chi connectivity index (χ0v) is 12.6. The molecule has 0 aliphatic heterocycles. The van der Waals surface area contributed by atoms with Crippen molar-refractivity contribution in [2.45, 2.75) is 46.1 Å². The van der Waals surface area contributed by atoms with Crippen LogP contribution >= 0.6 is 0 Å². The number of hydrogen-bond donors (Lipinski definition) is 2. The smallest absolute Gasteiger partial charge is 0.338 e. The van der Waals surface area contributed by atoms with Gasteiger partial charge in [-0.3, -0.25) is 4.79 Å². The zero-order valence-electron chi connectivity index (χ0n) is 12.6. The summed E-state index contributed by atoms with van der Waals surface area (Å²) >= 11 is 0. The highest BCUT2D eigenvalue weighted by Crippen LogP contribution is 2.65. The molecule has 0 spiro atoms. The van der Waals surface area contributed by atoms with E-state index in [2.05, 4.69) is 26.1 Å². The molecule has 2 bridgehead atoms. The second kappa shape index (κ2) is 4.36. The van der Waals surface area contributed by atoms with Crippen LogP contribution in [0.3, 0.4) is 0 Å². The van der Waals surface area contributed by atoms with Crippen molar-refractivity contribution in [1.82, 2.24) is 5.32 Å². The number of aromatic carboxylic acids is 1. The van der Waals surface area contributed by atoms with Gasteiger partial charge in [0, 0.05) is 12.1 Å². The van der Waals surface area contributed by atoms with Crippen LogP contribution < -0.4 is 5.32 Å². The fourth-order valence-corrected chi connectivity index (χ4v) is 4.22. The van der Waals surface area contributed by atoms with Crippen molar-refractivity contribution < 1.29 is 19.1 Å². The summed E-state index contributed by atoms with van der Waals surface area (Å²) in [5, 5.41) is 11.9. The monoisotopic (exact) mass is 291 g/mol. The third-order valence-electron chi connectivity index (χ3n) is 6.17. The van der Waals surface area contributed by atoms with Crippen LogP contribution in [0, 0.1) is 16.7 Å². The van der Waals surface area contributed by atoms with Gasteiger partial charge < -0.3 is 14.8 Å². The third-order valence-corrected chi connectivity index (χ3v) is 6.17. The van der Waals surface area contributed by atoms with Crippen LogP contribution in [0.15, 0.2) is 16.7 Å². The molecule has 5 nitrogen and oxygen atoms in total. The van der Waals surface area contributed by atoms with Crippen LogP contribution in [0.25, 0.3) is 0 Å². The predicted molar refractivity (Wildman–Crippen MR) is 76.2 cm³/mol. The number of furan rings is 1. The van der Waals surface area contributed by atoms with Crippen molar-refractivity contribution in [3.05, 3.63) is 23.7 Å². The summed E-state index contributed by atoms with van der Waals surface area (Å²) < 4.78 is 5.07. The van der Waals surface area contributed by atoms with Gasteiger partial charge >= 0.3 is 5.97 Å². The summed E-state index contributed by atoms with van der Waals surface area (Å²) in [6.07, 6.45) is 4.43. The minimum atomic E-state index is -1.09. The van der Waals surface area contributed by atoms with E-state index in [4.69, 9.17) is 9.52 Å². The minimum absolute atomic E-state index is 0.000339. The highest BCUT2D eigenvalue weighted by molar-refractivity contribution is 5.95. The molecule has 2 saturated carbocycles. The molecule has 5 heteroatoms. The standard InChI is InChI=1S/C16H21NO4/c1-15(2)10-4-5-16(15,3)12(7-10)17-13(18)11-6-9(8-21-11)14(19)20/h6,8,10,12H,4-5,7H2,1-3H3,(H,17,18)(H,19,20). The van der Waals surface area contributed by atoms with E-state index in [-0.39, 0.29) is 34.1 Å². The van der Waals surface area contributed by atoms with Crippen LogP contribution in [-0.2, 0) is 0 Å². The molecule has 1 aromatic heterocycles. The summed E-state index contributed by atoms with van der Waals surface area (Å²) in [6.45, 7) is 6.81. The molecule has 1 amide bonds. The SMILES string of the molecule is CC1(C)C2CCC1(C)C(NC(=O)c1cc(C(=O)O)co1)C2. The summed E-state index contributed by atoms with van der Waals surface area (Å²) in [5.74, 6) is -0.710. The van der Waals surface area contributed by atoms with Gasteiger partial charge in [0.2, 0.25) is 0 Å². The average molecular weight is 291 g/mol. The number of fused-ring (bicyclic) bond motifs is 2. The number of rotatable bonds is 3. The second-order valence-corrected chi connectivity index (χ2v) is 7.14. The molecule has 114 valence electrons. The maximum absolute atomic E-state index is 12.3. The van der Waals surface area contributed by atoms with E-state index in [1.807, 2.05) is 0 Å². The van der Waals surface area contributed by atoms with E-state index in [9.17, 15) is 9.59 Å². The lowest BCUT2D eigenvalue weighted by Crippen LogP contribution is -2.46. The Hall–Kier alpha value is -1.78. The first-order valence-electron chi connectivity index (χ1n) is 7.38. The Kier molecular flexibility index (Phi) is 2.94. The van der Waals surface area contributed by atoms with Crippen molar-refractivity contribution in [2.75, 3.05) is 0 Å². The summed E-state index contributed by atoms with van der Waals surface area (Å²) in [6, 6.07) is 1.40. The molecular weight excluding hydrogens is 270 g/mol. The minimum Gasteiger partial charge on any atom is -0.478 e. The van der Waals surface area contributed by atoms with Gasteiger partial charge in [0.15, 0.2) is 5.76 Å². The van der Waals surface area contributed by atoms with Gasteiger partial charge in [-0.15, -0.1) is 0 Å². The number of amides is 1. The Balaban J connectivity index is 1.75. The van der Waals surface area contributed by atoms with Crippen molar-refractivity contribution in [3.8, 4) is 0 Å². The molecule has 2 fully saturated rings. The average Bonchev–Trinajstić information content (AvgIpc) is 3.02. The van der Waals surface area contributed by atoms with Crippen molar-refractivity contribution >= 4 is 11.9 Å². The van der Waals surface area contributed by atoms with Crippen LogP contribution in [-0.4, -0.2) is 23.0 Å². The fourth-order valence-electron chi connectivity index (χ4n) is 4.22. The molecule has 3 rings (SSSR count). The Labute approximate surface area is 123 Å². The van der Waals surface area contributed by atoms with E-state index in [0.717, 1.165) is 19.1 Å². The van der Waals surface area contributed by atoms with E-state index >= 15 is 0 Å². The molecule has 3 atom stereocenters. The fraction of sp³-hybridized carbons (Fsp3) is 0.625. The molecule has 21 heavy (non-hydrogen) atoms. The quantitative estimate of drug-likeness (QED) is 0.897. The Morgan fingerprint density at radius 1 is 1.38 bits per heavy atom. The highest BCUT2D eigenvalue weighted by Gasteiger charge is 2.61. The predicted octanol–water partition coefficient (Wildman–Crippen LogP) is 2.92. The van der Waals surface area contributed by atoms with Crippen molar-refractivity contribution in [3.63, 3.8) is 0 Å². The second-order valence-electron chi connectivity index (χ2n) is 7.14. The van der Waals surface area contributed by atoms with Crippen molar-refractivity contribution in [2.24, 2.45) is 16.7 Å². The molecule has 0 aromatic carbocycles. The summed E-state index contributed by atoms with van der Waals surface area (Å²) in [5.41, 5.74) is 0.315. The Bertz CT molecular complexity index is 603. The van der Waals surface area contributed by atoms with Crippen LogP contribution in [0.4, 0.5) is 0 Å². The maximum Gasteiger partial charge on any atom is 0.338 e. The molecule has 2 aliphatic carbocycles.